The largest absolute Gasteiger partial charge is 0.345 e. The summed E-state index contributed by atoms with van der Waals surface area (Å²) in [6, 6.07) is 11.3. The van der Waals surface area contributed by atoms with Gasteiger partial charge in [-0.25, -0.2) is 0 Å². The van der Waals surface area contributed by atoms with Crippen LogP contribution in [0.1, 0.15) is 34.5 Å². The second-order valence-electron chi connectivity index (χ2n) is 4.68. The number of aromatic nitrogens is 1. The van der Waals surface area contributed by atoms with Crippen LogP contribution >= 0.6 is 0 Å². The quantitative estimate of drug-likeness (QED) is 0.873. The topological polar surface area (TPSA) is 68.0 Å². The molecule has 3 N–H and O–H groups in total. The predicted molar refractivity (Wildman–Crippen MR) is 79.3 cm³/mol. The minimum atomic E-state index is -0.0814. The van der Waals surface area contributed by atoms with Crippen molar-refractivity contribution in [1.29, 1.82) is 0 Å². The van der Waals surface area contributed by atoms with E-state index >= 15 is 0 Å². The summed E-state index contributed by atoms with van der Waals surface area (Å²) < 4.78 is 0. The van der Waals surface area contributed by atoms with Crippen molar-refractivity contribution >= 4 is 5.91 Å². The lowest BCUT2D eigenvalue weighted by Gasteiger charge is -2.15. The van der Waals surface area contributed by atoms with Gasteiger partial charge in [-0.15, -0.1) is 0 Å². The molecule has 0 aliphatic rings. The molecule has 2 aromatic rings. The summed E-state index contributed by atoms with van der Waals surface area (Å²) in [7, 11) is 0. The highest BCUT2D eigenvalue weighted by molar-refractivity contribution is 5.95. The fraction of sp³-hybridized carbons (Fsp3) is 0.250. The third kappa shape index (κ3) is 3.42. The van der Waals surface area contributed by atoms with E-state index in [4.69, 9.17) is 5.73 Å². The Morgan fingerprint density at radius 2 is 2.10 bits per heavy atom. The van der Waals surface area contributed by atoms with Gasteiger partial charge in [-0.2, -0.15) is 0 Å². The molecule has 1 unspecified atom stereocenters. The van der Waals surface area contributed by atoms with Gasteiger partial charge in [0.2, 0.25) is 0 Å². The second kappa shape index (κ2) is 6.82. The summed E-state index contributed by atoms with van der Waals surface area (Å²) >= 11 is 0. The van der Waals surface area contributed by atoms with Crippen molar-refractivity contribution < 1.29 is 4.79 Å². The van der Waals surface area contributed by atoms with E-state index in [1.165, 1.54) is 0 Å². The van der Waals surface area contributed by atoms with Gasteiger partial charge >= 0.3 is 0 Å². The molecule has 0 radical (unpaired) electrons. The van der Waals surface area contributed by atoms with E-state index in [9.17, 15) is 4.79 Å². The van der Waals surface area contributed by atoms with Crippen LogP contribution in [-0.4, -0.2) is 17.4 Å². The van der Waals surface area contributed by atoms with Gasteiger partial charge in [0, 0.05) is 18.0 Å². The molecule has 4 heteroatoms. The fourth-order valence-electron chi connectivity index (χ4n) is 2.11. The number of pyridine rings is 1. The predicted octanol–water partition coefficient (Wildman–Crippen LogP) is 2.07. The molecule has 0 saturated heterocycles. The molecule has 1 amide bonds. The minimum Gasteiger partial charge on any atom is -0.345 e. The van der Waals surface area contributed by atoms with Gasteiger partial charge in [-0.1, -0.05) is 24.3 Å². The SMILES string of the molecule is CC(NC(=O)c1ccccc1CCN)c1cccnc1. The molecular formula is C16H19N3O. The number of amides is 1. The molecule has 0 saturated carbocycles. The lowest BCUT2D eigenvalue weighted by atomic mass is 10.0. The summed E-state index contributed by atoms with van der Waals surface area (Å²) in [6.45, 7) is 2.48. The van der Waals surface area contributed by atoms with E-state index < -0.39 is 0 Å². The number of carbonyl (C=O) groups is 1. The minimum absolute atomic E-state index is 0.0783. The molecule has 0 spiro atoms. The van der Waals surface area contributed by atoms with E-state index in [-0.39, 0.29) is 11.9 Å². The number of nitrogens with two attached hydrogens (primary N) is 1. The van der Waals surface area contributed by atoms with E-state index in [0.717, 1.165) is 11.1 Å². The van der Waals surface area contributed by atoms with Gasteiger partial charge in [0.25, 0.3) is 5.91 Å². The van der Waals surface area contributed by atoms with Crippen molar-refractivity contribution in [3.05, 3.63) is 65.5 Å². The maximum absolute atomic E-state index is 12.4. The van der Waals surface area contributed by atoms with Gasteiger partial charge in [0.05, 0.1) is 6.04 Å². The number of rotatable bonds is 5. The van der Waals surface area contributed by atoms with Gasteiger partial charge < -0.3 is 11.1 Å². The zero-order chi connectivity index (χ0) is 14.4. The van der Waals surface area contributed by atoms with Crippen LogP contribution < -0.4 is 11.1 Å². The van der Waals surface area contributed by atoms with Crippen LogP contribution in [-0.2, 0) is 6.42 Å². The average Bonchev–Trinajstić information content (AvgIpc) is 2.49. The molecule has 0 aliphatic heterocycles. The van der Waals surface area contributed by atoms with Crippen LogP contribution in [0, 0.1) is 0 Å². The lowest BCUT2D eigenvalue weighted by Crippen LogP contribution is -2.27. The van der Waals surface area contributed by atoms with Crippen LogP contribution in [0.4, 0.5) is 0 Å². The van der Waals surface area contributed by atoms with Crippen molar-refractivity contribution in [3.63, 3.8) is 0 Å². The van der Waals surface area contributed by atoms with Gasteiger partial charge in [-0.05, 0) is 43.1 Å². The molecule has 1 heterocycles. The number of carbonyl (C=O) groups excluding carboxylic acids is 1. The summed E-state index contributed by atoms with van der Waals surface area (Å²) in [6.07, 6.45) is 4.18. The summed E-state index contributed by atoms with van der Waals surface area (Å²) in [5.41, 5.74) is 8.23. The summed E-state index contributed by atoms with van der Waals surface area (Å²) in [4.78, 5) is 16.4. The third-order valence-corrected chi connectivity index (χ3v) is 3.21. The normalized spacial score (nSPS) is 11.9. The first-order valence-electron chi connectivity index (χ1n) is 6.71. The molecule has 2 rings (SSSR count). The maximum Gasteiger partial charge on any atom is 0.252 e. The number of benzene rings is 1. The molecule has 1 aromatic carbocycles. The Balaban J connectivity index is 2.12. The molecule has 104 valence electrons. The van der Waals surface area contributed by atoms with E-state index in [1.54, 1.807) is 12.4 Å². The molecular weight excluding hydrogens is 250 g/mol. The smallest absolute Gasteiger partial charge is 0.252 e. The van der Waals surface area contributed by atoms with Crippen molar-refractivity contribution in [3.8, 4) is 0 Å². The number of nitrogens with zero attached hydrogens (tertiary/aromatic N) is 1. The van der Waals surface area contributed by atoms with Crippen LogP contribution in [0.5, 0.6) is 0 Å². The van der Waals surface area contributed by atoms with Crippen molar-refractivity contribution in [2.75, 3.05) is 6.54 Å². The molecule has 0 bridgehead atoms. The second-order valence-corrected chi connectivity index (χ2v) is 4.68. The first kappa shape index (κ1) is 14.2. The molecule has 0 aliphatic carbocycles. The zero-order valence-corrected chi connectivity index (χ0v) is 11.5. The zero-order valence-electron chi connectivity index (χ0n) is 11.5. The standard InChI is InChI=1S/C16H19N3O/c1-12(14-6-4-10-18-11-14)19-16(20)15-7-3-2-5-13(15)8-9-17/h2-7,10-12H,8-9,17H2,1H3,(H,19,20). The van der Waals surface area contributed by atoms with Gasteiger partial charge in [0.1, 0.15) is 0 Å². The van der Waals surface area contributed by atoms with Crippen LogP contribution in [0.25, 0.3) is 0 Å². The molecule has 1 atom stereocenters. The van der Waals surface area contributed by atoms with E-state index in [1.807, 2.05) is 43.3 Å². The molecule has 20 heavy (non-hydrogen) atoms. The Kier molecular flexibility index (Phi) is 4.85. The average molecular weight is 269 g/mol. The Morgan fingerprint density at radius 3 is 2.80 bits per heavy atom. The summed E-state index contributed by atoms with van der Waals surface area (Å²) in [5.74, 6) is -0.0783. The lowest BCUT2D eigenvalue weighted by molar-refractivity contribution is 0.0939. The van der Waals surface area contributed by atoms with Crippen LogP contribution in [0.3, 0.4) is 0 Å². The third-order valence-electron chi connectivity index (χ3n) is 3.21. The Bertz CT molecular complexity index is 569. The highest BCUT2D eigenvalue weighted by atomic mass is 16.1. The Morgan fingerprint density at radius 1 is 1.30 bits per heavy atom. The Hall–Kier alpha value is -2.20. The number of nitrogens with one attached hydrogen (secondary N) is 1. The fourth-order valence-corrected chi connectivity index (χ4v) is 2.11. The van der Waals surface area contributed by atoms with Gasteiger partial charge in [0.15, 0.2) is 0 Å². The van der Waals surface area contributed by atoms with Crippen LogP contribution in [0.15, 0.2) is 48.8 Å². The molecule has 4 nitrogen and oxygen atoms in total. The Labute approximate surface area is 119 Å². The molecule has 0 fully saturated rings. The first-order valence-corrected chi connectivity index (χ1v) is 6.71. The highest BCUT2D eigenvalue weighted by Gasteiger charge is 2.14. The number of hydrogen-bond acceptors (Lipinski definition) is 3. The van der Waals surface area contributed by atoms with E-state index in [2.05, 4.69) is 10.3 Å². The maximum atomic E-state index is 12.4. The van der Waals surface area contributed by atoms with E-state index in [0.29, 0.717) is 18.5 Å². The molecule has 1 aromatic heterocycles. The monoisotopic (exact) mass is 269 g/mol. The first-order chi connectivity index (χ1) is 9.72. The summed E-state index contributed by atoms with van der Waals surface area (Å²) in [5, 5.41) is 2.99. The number of hydrogen-bond donors (Lipinski definition) is 2. The van der Waals surface area contributed by atoms with Crippen molar-refractivity contribution in [1.82, 2.24) is 10.3 Å². The highest BCUT2D eigenvalue weighted by Crippen LogP contribution is 2.14. The van der Waals surface area contributed by atoms with Crippen LogP contribution in [0.2, 0.25) is 0 Å². The van der Waals surface area contributed by atoms with Gasteiger partial charge in [-0.3, -0.25) is 9.78 Å². The van der Waals surface area contributed by atoms with Crippen molar-refractivity contribution in [2.24, 2.45) is 5.73 Å². The van der Waals surface area contributed by atoms with Crippen molar-refractivity contribution in [2.45, 2.75) is 19.4 Å².